The van der Waals surface area contributed by atoms with Crippen LogP contribution in [0.5, 0.6) is 5.88 Å². The highest BCUT2D eigenvalue weighted by Crippen LogP contribution is 2.17. The first-order valence-electron chi connectivity index (χ1n) is 7.67. The third kappa shape index (κ3) is 3.86. The molecule has 0 saturated heterocycles. The van der Waals surface area contributed by atoms with Crippen molar-refractivity contribution < 1.29 is 9.53 Å². The van der Waals surface area contributed by atoms with Gasteiger partial charge in [-0.1, -0.05) is 35.9 Å². The standard InChI is InChI=1S/C19H18N2O2S/c1-13-6-9-15(10-7-13)20-17(12-24)19(22)23-18-11-8-14-4-2-3-5-16(14)21-18/h2-11,17,20,24H,12H2,1H3/t17-/m1/s1. The third-order valence-corrected chi connectivity index (χ3v) is 4.00. The van der Waals surface area contributed by atoms with E-state index in [2.05, 4.69) is 22.9 Å². The van der Waals surface area contributed by atoms with Crippen LogP contribution in [0.2, 0.25) is 0 Å². The fourth-order valence-corrected chi connectivity index (χ4v) is 2.55. The Balaban J connectivity index is 1.72. The zero-order valence-corrected chi connectivity index (χ0v) is 14.2. The molecule has 1 N–H and O–H groups in total. The maximum Gasteiger partial charge on any atom is 0.336 e. The van der Waals surface area contributed by atoms with Gasteiger partial charge < -0.3 is 10.1 Å². The Morgan fingerprint density at radius 1 is 1.12 bits per heavy atom. The number of hydrogen-bond acceptors (Lipinski definition) is 5. The number of nitrogens with zero attached hydrogens (tertiary/aromatic N) is 1. The first kappa shape index (κ1) is 16.3. The first-order valence-corrected chi connectivity index (χ1v) is 8.30. The van der Waals surface area contributed by atoms with Crippen LogP contribution < -0.4 is 10.1 Å². The van der Waals surface area contributed by atoms with Crippen LogP contribution in [0.3, 0.4) is 0 Å². The van der Waals surface area contributed by atoms with Crippen molar-refractivity contribution in [2.75, 3.05) is 11.1 Å². The van der Waals surface area contributed by atoms with E-state index in [1.807, 2.05) is 61.5 Å². The molecule has 3 aromatic rings. The minimum absolute atomic E-state index is 0.288. The number of ether oxygens (including phenoxy) is 1. The Morgan fingerprint density at radius 2 is 1.88 bits per heavy atom. The van der Waals surface area contributed by atoms with Gasteiger partial charge in [0.1, 0.15) is 6.04 Å². The third-order valence-electron chi connectivity index (χ3n) is 3.64. The number of esters is 1. The number of aryl methyl sites for hydroxylation is 1. The second-order valence-electron chi connectivity index (χ2n) is 5.51. The summed E-state index contributed by atoms with van der Waals surface area (Å²) in [5, 5.41) is 4.14. The van der Waals surface area contributed by atoms with E-state index in [-0.39, 0.29) is 5.88 Å². The van der Waals surface area contributed by atoms with Gasteiger partial charge in [0.15, 0.2) is 0 Å². The van der Waals surface area contributed by atoms with Gasteiger partial charge in [0.25, 0.3) is 0 Å². The van der Waals surface area contributed by atoms with Crippen molar-refractivity contribution in [3.05, 3.63) is 66.2 Å². The molecule has 0 aliphatic heterocycles. The molecule has 0 bridgehead atoms. The van der Waals surface area contributed by atoms with E-state index in [0.717, 1.165) is 22.2 Å². The second kappa shape index (κ2) is 7.36. The molecule has 0 unspecified atom stereocenters. The van der Waals surface area contributed by atoms with Crippen molar-refractivity contribution in [2.24, 2.45) is 0 Å². The minimum Gasteiger partial charge on any atom is -0.406 e. The molecule has 1 aromatic heterocycles. The Morgan fingerprint density at radius 3 is 2.62 bits per heavy atom. The average Bonchev–Trinajstić information content (AvgIpc) is 2.61. The topological polar surface area (TPSA) is 51.2 Å². The second-order valence-corrected chi connectivity index (χ2v) is 5.87. The van der Waals surface area contributed by atoms with E-state index in [0.29, 0.717) is 5.75 Å². The molecule has 122 valence electrons. The molecule has 2 aromatic carbocycles. The first-order chi connectivity index (χ1) is 11.7. The zero-order valence-electron chi connectivity index (χ0n) is 13.3. The summed E-state index contributed by atoms with van der Waals surface area (Å²) in [5.74, 6) is 0.199. The molecule has 0 spiro atoms. The predicted octanol–water partition coefficient (Wildman–Crippen LogP) is 3.86. The van der Waals surface area contributed by atoms with E-state index < -0.39 is 12.0 Å². The molecule has 1 atom stereocenters. The molecule has 0 saturated carbocycles. The average molecular weight is 338 g/mol. The van der Waals surface area contributed by atoms with Gasteiger partial charge in [0, 0.05) is 22.9 Å². The number of anilines is 1. The number of carbonyl (C=O) groups is 1. The zero-order chi connectivity index (χ0) is 16.9. The van der Waals surface area contributed by atoms with Crippen LogP contribution in [0.1, 0.15) is 5.56 Å². The van der Waals surface area contributed by atoms with Gasteiger partial charge >= 0.3 is 5.97 Å². The van der Waals surface area contributed by atoms with Crippen molar-refractivity contribution in [2.45, 2.75) is 13.0 Å². The van der Waals surface area contributed by atoms with E-state index in [1.165, 1.54) is 0 Å². The lowest BCUT2D eigenvalue weighted by molar-refractivity contribution is -0.134. The van der Waals surface area contributed by atoms with Crippen molar-refractivity contribution in [3.8, 4) is 5.88 Å². The number of thiol groups is 1. The highest BCUT2D eigenvalue weighted by Gasteiger charge is 2.19. The monoisotopic (exact) mass is 338 g/mol. The van der Waals surface area contributed by atoms with Gasteiger partial charge in [0.2, 0.25) is 5.88 Å². The molecule has 3 rings (SSSR count). The predicted molar refractivity (Wildman–Crippen MR) is 99.8 cm³/mol. The number of benzene rings is 2. The van der Waals surface area contributed by atoms with E-state index in [4.69, 9.17) is 4.74 Å². The molecule has 4 nitrogen and oxygen atoms in total. The summed E-state index contributed by atoms with van der Waals surface area (Å²) >= 11 is 4.25. The summed E-state index contributed by atoms with van der Waals surface area (Å²) in [6, 6.07) is 18.5. The summed E-state index contributed by atoms with van der Waals surface area (Å²) in [7, 11) is 0. The van der Waals surface area contributed by atoms with E-state index in [1.54, 1.807) is 6.07 Å². The molecule has 24 heavy (non-hydrogen) atoms. The Labute approximate surface area is 146 Å². The fraction of sp³-hybridized carbons (Fsp3) is 0.158. The van der Waals surface area contributed by atoms with Gasteiger partial charge in [-0.25, -0.2) is 9.78 Å². The lowest BCUT2D eigenvalue weighted by Crippen LogP contribution is -2.35. The molecular formula is C19H18N2O2S. The normalized spacial score (nSPS) is 11.9. The number of nitrogens with one attached hydrogen (secondary N) is 1. The Kier molecular flexibility index (Phi) is 5.01. The van der Waals surface area contributed by atoms with Gasteiger partial charge in [-0.2, -0.15) is 12.6 Å². The van der Waals surface area contributed by atoms with Crippen LogP contribution in [0.4, 0.5) is 5.69 Å². The summed E-state index contributed by atoms with van der Waals surface area (Å²) in [4.78, 5) is 16.7. The number of para-hydroxylation sites is 1. The smallest absolute Gasteiger partial charge is 0.336 e. The van der Waals surface area contributed by atoms with Crippen LogP contribution in [0, 0.1) is 6.92 Å². The van der Waals surface area contributed by atoms with E-state index >= 15 is 0 Å². The summed E-state index contributed by atoms with van der Waals surface area (Å²) < 4.78 is 5.41. The molecule has 5 heteroatoms. The van der Waals surface area contributed by atoms with Crippen molar-refractivity contribution >= 4 is 35.2 Å². The lowest BCUT2D eigenvalue weighted by atomic mass is 10.2. The molecule has 0 fully saturated rings. The van der Waals surface area contributed by atoms with Crippen LogP contribution in [0.25, 0.3) is 10.9 Å². The van der Waals surface area contributed by atoms with Gasteiger partial charge in [-0.05, 0) is 31.2 Å². The van der Waals surface area contributed by atoms with Crippen LogP contribution in [-0.2, 0) is 4.79 Å². The summed E-state index contributed by atoms with van der Waals surface area (Å²) in [5.41, 5.74) is 2.80. The number of rotatable bonds is 5. The quantitative estimate of drug-likeness (QED) is 0.548. The maximum atomic E-state index is 12.4. The SMILES string of the molecule is Cc1ccc(N[C@H](CS)C(=O)Oc2ccc3ccccc3n2)cc1. The van der Waals surface area contributed by atoms with Crippen molar-refractivity contribution in [3.63, 3.8) is 0 Å². The molecule has 1 heterocycles. The van der Waals surface area contributed by atoms with Crippen LogP contribution >= 0.6 is 12.6 Å². The van der Waals surface area contributed by atoms with Crippen molar-refractivity contribution in [1.82, 2.24) is 4.98 Å². The molecule has 0 amide bonds. The molecule has 0 aliphatic carbocycles. The highest BCUT2D eigenvalue weighted by atomic mass is 32.1. The van der Waals surface area contributed by atoms with Crippen molar-refractivity contribution in [1.29, 1.82) is 0 Å². The fourth-order valence-electron chi connectivity index (χ4n) is 2.31. The summed E-state index contributed by atoms with van der Waals surface area (Å²) in [6.45, 7) is 2.01. The van der Waals surface area contributed by atoms with E-state index in [9.17, 15) is 4.79 Å². The summed E-state index contributed by atoms with van der Waals surface area (Å²) in [6.07, 6.45) is 0. The highest BCUT2D eigenvalue weighted by molar-refractivity contribution is 7.80. The Hall–Kier alpha value is -2.53. The molecule has 0 aliphatic rings. The van der Waals surface area contributed by atoms with Crippen LogP contribution in [-0.4, -0.2) is 22.7 Å². The van der Waals surface area contributed by atoms with Crippen LogP contribution in [0.15, 0.2) is 60.7 Å². The number of carbonyl (C=O) groups excluding carboxylic acids is 1. The number of pyridine rings is 1. The number of fused-ring (bicyclic) bond motifs is 1. The Bertz CT molecular complexity index is 849. The number of hydrogen-bond donors (Lipinski definition) is 2. The van der Waals surface area contributed by atoms with Gasteiger partial charge in [0.05, 0.1) is 5.52 Å². The van der Waals surface area contributed by atoms with Gasteiger partial charge in [-0.15, -0.1) is 0 Å². The number of aromatic nitrogens is 1. The largest absolute Gasteiger partial charge is 0.406 e. The lowest BCUT2D eigenvalue weighted by Gasteiger charge is -2.16. The minimum atomic E-state index is -0.552. The van der Waals surface area contributed by atoms with Gasteiger partial charge in [-0.3, -0.25) is 0 Å². The maximum absolute atomic E-state index is 12.4. The molecule has 0 radical (unpaired) electrons. The molecular weight excluding hydrogens is 320 g/mol.